The molecule has 1 aromatic carbocycles. The van der Waals surface area contributed by atoms with Crippen LogP contribution in [0, 0.1) is 30.0 Å². The van der Waals surface area contributed by atoms with Crippen molar-refractivity contribution < 1.29 is 14.0 Å². The standard InChI is InChI=1S/C24H22FN7O2.H2S/c1-3-21(33)30-9-8-16(12-30)32-24(27-2)22(23(26)34)18(29-32)7-4-14-10-19-20(11-17(14)25)31(13-28-19)15-5-6-15;/h1,10-11,13,15-16,27H,5-6,8-9,12H2,2H3,(H2,26,34);1H2/t16-;/m0./s1. The first kappa shape index (κ1) is 24.2. The van der Waals surface area contributed by atoms with Crippen LogP contribution in [-0.4, -0.2) is 56.2 Å². The molecule has 3 heterocycles. The van der Waals surface area contributed by atoms with E-state index in [0.717, 1.165) is 18.4 Å². The lowest BCUT2D eigenvalue weighted by molar-refractivity contribution is -0.124. The number of aromatic nitrogens is 4. The van der Waals surface area contributed by atoms with Gasteiger partial charge in [-0.15, -0.1) is 6.42 Å². The Labute approximate surface area is 208 Å². The molecular formula is C24H24FN7O2S. The van der Waals surface area contributed by atoms with E-state index in [1.807, 2.05) is 4.57 Å². The van der Waals surface area contributed by atoms with Crippen LogP contribution in [0.2, 0.25) is 0 Å². The van der Waals surface area contributed by atoms with Gasteiger partial charge in [-0.1, -0.05) is 5.92 Å². The summed E-state index contributed by atoms with van der Waals surface area (Å²) >= 11 is 0. The Bertz CT molecular complexity index is 1440. The number of carbonyl (C=O) groups is 2. The maximum atomic E-state index is 14.8. The number of hydrogen-bond donors (Lipinski definition) is 2. The summed E-state index contributed by atoms with van der Waals surface area (Å²) < 4.78 is 18.4. The van der Waals surface area contributed by atoms with Crippen molar-refractivity contribution in [2.75, 3.05) is 25.5 Å². The normalized spacial score (nSPS) is 16.8. The molecule has 9 nitrogen and oxygen atoms in total. The molecule has 1 aliphatic carbocycles. The summed E-state index contributed by atoms with van der Waals surface area (Å²) in [5.41, 5.74) is 7.40. The zero-order valence-corrected chi connectivity index (χ0v) is 20.0. The first-order valence-electron chi connectivity index (χ1n) is 10.9. The molecule has 1 saturated heterocycles. The van der Waals surface area contributed by atoms with E-state index in [1.165, 1.54) is 6.07 Å². The number of hydrogen-bond acceptors (Lipinski definition) is 5. The summed E-state index contributed by atoms with van der Waals surface area (Å²) in [7, 11) is 1.64. The van der Waals surface area contributed by atoms with E-state index in [4.69, 9.17) is 12.2 Å². The average Bonchev–Trinajstić information content (AvgIpc) is 3.24. The van der Waals surface area contributed by atoms with Gasteiger partial charge in [-0.2, -0.15) is 18.6 Å². The molecule has 3 aromatic rings. The first-order valence-corrected chi connectivity index (χ1v) is 10.9. The van der Waals surface area contributed by atoms with Crippen molar-refractivity contribution in [3.05, 3.63) is 41.1 Å². The third-order valence-corrected chi connectivity index (χ3v) is 6.23. The fourth-order valence-corrected chi connectivity index (χ4v) is 4.39. The van der Waals surface area contributed by atoms with Crippen LogP contribution >= 0.6 is 13.5 Å². The number of fused-ring (bicyclic) bond motifs is 1. The second-order valence-electron chi connectivity index (χ2n) is 8.42. The number of nitrogens with zero attached hydrogens (tertiary/aromatic N) is 5. The van der Waals surface area contributed by atoms with Crippen LogP contribution in [0.1, 0.15) is 53.0 Å². The summed E-state index contributed by atoms with van der Waals surface area (Å²) in [6, 6.07) is 3.20. The van der Waals surface area contributed by atoms with E-state index in [-0.39, 0.29) is 36.4 Å². The molecule has 1 saturated carbocycles. The molecule has 35 heavy (non-hydrogen) atoms. The zero-order chi connectivity index (χ0) is 24.0. The molecule has 11 heteroatoms. The highest BCUT2D eigenvalue weighted by Gasteiger charge is 2.31. The number of benzene rings is 1. The van der Waals surface area contributed by atoms with Gasteiger partial charge in [0.1, 0.15) is 17.2 Å². The summed E-state index contributed by atoms with van der Waals surface area (Å²) in [5.74, 6) is 6.51. The topological polar surface area (TPSA) is 111 Å². The van der Waals surface area contributed by atoms with Gasteiger partial charge in [0.15, 0.2) is 5.69 Å². The highest BCUT2D eigenvalue weighted by Crippen LogP contribution is 2.37. The minimum atomic E-state index is -0.714. The fourth-order valence-electron chi connectivity index (χ4n) is 4.39. The second kappa shape index (κ2) is 9.35. The summed E-state index contributed by atoms with van der Waals surface area (Å²) in [4.78, 5) is 30.0. The number of halogens is 1. The predicted octanol–water partition coefficient (Wildman–Crippen LogP) is 1.77. The summed E-state index contributed by atoms with van der Waals surface area (Å²) in [5, 5.41) is 7.45. The number of likely N-dealkylation sites (tertiary alicyclic amines) is 1. The van der Waals surface area contributed by atoms with E-state index in [2.05, 4.69) is 33.2 Å². The van der Waals surface area contributed by atoms with Crippen molar-refractivity contribution >= 4 is 42.2 Å². The van der Waals surface area contributed by atoms with Gasteiger partial charge in [-0.05, 0) is 37.2 Å². The smallest absolute Gasteiger partial charge is 0.298 e. The Hall–Kier alpha value is -3.96. The van der Waals surface area contributed by atoms with E-state index in [9.17, 15) is 14.0 Å². The molecule has 2 amide bonds. The highest BCUT2D eigenvalue weighted by molar-refractivity contribution is 7.59. The highest BCUT2D eigenvalue weighted by atomic mass is 32.1. The minimum absolute atomic E-state index is 0. The van der Waals surface area contributed by atoms with Gasteiger partial charge >= 0.3 is 0 Å². The molecule has 3 N–H and O–H groups in total. The van der Waals surface area contributed by atoms with Gasteiger partial charge in [-0.25, -0.2) is 14.1 Å². The van der Waals surface area contributed by atoms with Crippen LogP contribution in [0.3, 0.4) is 0 Å². The van der Waals surface area contributed by atoms with E-state index < -0.39 is 17.6 Å². The molecular weight excluding hydrogens is 469 g/mol. The van der Waals surface area contributed by atoms with E-state index in [0.29, 0.717) is 36.9 Å². The van der Waals surface area contributed by atoms with Gasteiger partial charge in [-0.3, -0.25) is 9.59 Å². The Kier molecular flexibility index (Phi) is 6.46. The van der Waals surface area contributed by atoms with E-state index >= 15 is 0 Å². The molecule has 1 atom stereocenters. The Balaban J connectivity index is 0.00000289. The van der Waals surface area contributed by atoms with Gasteiger partial charge in [0.2, 0.25) is 0 Å². The zero-order valence-electron chi connectivity index (χ0n) is 19.0. The Morgan fingerprint density at radius 3 is 2.66 bits per heavy atom. The number of anilines is 1. The van der Waals surface area contributed by atoms with Crippen LogP contribution in [0.15, 0.2) is 18.5 Å². The van der Waals surface area contributed by atoms with Crippen molar-refractivity contribution in [1.29, 1.82) is 0 Å². The number of carbonyl (C=O) groups excluding carboxylic acids is 2. The Morgan fingerprint density at radius 2 is 2.00 bits per heavy atom. The van der Waals surface area contributed by atoms with Gasteiger partial charge < -0.3 is 20.5 Å². The number of imidazole rings is 1. The summed E-state index contributed by atoms with van der Waals surface area (Å²) in [6.07, 6.45) is 9.69. The van der Waals surface area contributed by atoms with Crippen LogP contribution in [0.25, 0.3) is 11.0 Å². The third kappa shape index (κ3) is 4.31. The van der Waals surface area contributed by atoms with Crippen LogP contribution in [0.4, 0.5) is 10.2 Å². The van der Waals surface area contributed by atoms with Gasteiger partial charge in [0.05, 0.1) is 29.0 Å². The lowest BCUT2D eigenvalue weighted by atomic mass is 10.1. The molecule has 0 bridgehead atoms. The SMILES string of the molecule is C#CC(=O)N1CC[C@H](n2nc(C#Cc3cc4ncn(C5CC5)c4cc3F)c(C(N)=O)c2NC)C1.S. The van der Waals surface area contributed by atoms with Crippen molar-refractivity contribution in [2.24, 2.45) is 5.73 Å². The molecule has 0 radical (unpaired) electrons. The minimum Gasteiger partial charge on any atom is -0.373 e. The number of nitrogens with two attached hydrogens (primary N) is 1. The van der Waals surface area contributed by atoms with Crippen molar-refractivity contribution in [2.45, 2.75) is 31.3 Å². The van der Waals surface area contributed by atoms with Crippen molar-refractivity contribution in [3.8, 4) is 24.2 Å². The summed E-state index contributed by atoms with van der Waals surface area (Å²) in [6.45, 7) is 0.821. The largest absolute Gasteiger partial charge is 0.373 e. The average molecular weight is 494 g/mol. The molecule has 5 rings (SSSR count). The molecule has 1 aliphatic heterocycles. The maximum absolute atomic E-state index is 14.8. The van der Waals surface area contributed by atoms with Crippen LogP contribution < -0.4 is 11.1 Å². The number of nitrogens with one attached hydrogen (secondary N) is 1. The molecule has 180 valence electrons. The van der Waals surface area contributed by atoms with Gasteiger partial charge in [0, 0.05) is 32.2 Å². The second-order valence-corrected chi connectivity index (χ2v) is 8.42. The first-order chi connectivity index (χ1) is 16.4. The number of amides is 2. The molecule has 2 fully saturated rings. The van der Waals surface area contributed by atoms with Gasteiger partial charge in [0.25, 0.3) is 11.8 Å². The lowest BCUT2D eigenvalue weighted by Gasteiger charge is -2.15. The van der Waals surface area contributed by atoms with E-state index in [1.54, 1.807) is 29.0 Å². The molecule has 0 spiro atoms. The molecule has 2 aliphatic rings. The molecule has 2 aromatic heterocycles. The number of primary amides is 1. The Morgan fingerprint density at radius 1 is 1.23 bits per heavy atom. The predicted molar refractivity (Wildman–Crippen MR) is 134 cm³/mol. The van der Waals surface area contributed by atoms with Crippen molar-refractivity contribution in [3.63, 3.8) is 0 Å². The quantitative estimate of drug-likeness (QED) is 0.538. The molecule has 0 unspecified atom stereocenters. The monoisotopic (exact) mass is 493 g/mol. The third-order valence-electron chi connectivity index (χ3n) is 6.23. The number of terminal acetylenes is 1. The lowest BCUT2D eigenvalue weighted by Crippen LogP contribution is -2.28. The van der Waals surface area contributed by atoms with Crippen LogP contribution in [0.5, 0.6) is 0 Å². The van der Waals surface area contributed by atoms with Crippen LogP contribution in [-0.2, 0) is 4.79 Å². The maximum Gasteiger partial charge on any atom is 0.298 e. The fraction of sp³-hybridized carbons (Fsp3) is 0.333. The number of rotatable bonds is 4. The van der Waals surface area contributed by atoms with Crippen molar-refractivity contribution in [1.82, 2.24) is 24.2 Å².